The highest BCUT2D eigenvalue weighted by Gasteiger charge is 2.13. The van der Waals surface area contributed by atoms with Gasteiger partial charge in [0, 0.05) is 22.8 Å². The maximum absolute atomic E-state index is 12.1. The Bertz CT molecular complexity index is 1120. The Morgan fingerprint density at radius 1 is 1.11 bits per heavy atom. The lowest BCUT2D eigenvalue weighted by Gasteiger charge is -2.09. The number of hydrogen-bond donors (Lipinski definition) is 0. The second-order valence-electron chi connectivity index (χ2n) is 6.24. The molecule has 2 aromatic carbocycles. The molecule has 0 aliphatic heterocycles. The van der Waals surface area contributed by atoms with E-state index in [0.717, 1.165) is 27.8 Å². The third kappa shape index (κ3) is 3.44. The van der Waals surface area contributed by atoms with E-state index in [1.807, 2.05) is 30.5 Å². The molecule has 4 nitrogen and oxygen atoms in total. The summed E-state index contributed by atoms with van der Waals surface area (Å²) in [6, 6.07) is 19.5. The lowest BCUT2D eigenvalue weighted by atomic mass is 9.99. The molecule has 0 radical (unpaired) electrons. The maximum atomic E-state index is 12.1. The van der Waals surface area contributed by atoms with E-state index in [4.69, 9.17) is 16.3 Å². The number of carbonyl (C=O) groups is 1. The van der Waals surface area contributed by atoms with Gasteiger partial charge in [-0.1, -0.05) is 29.8 Å². The molecule has 0 atom stereocenters. The molecule has 0 unspecified atom stereocenters. The highest BCUT2D eigenvalue weighted by Crippen LogP contribution is 2.24. The molecule has 0 amide bonds. The summed E-state index contributed by atoms with van der Waals surface area (Å²) in [5.41, 5.74) is 3.57. The van der Waals surface area contributed by atoms with Crippen LogP contribution in [0.15, 0.2) is 73.1 Å². The van der Waals surface area contributed by atoms with Crippen LogP contribution in [0.5, 0.6) is 0 Å². The molecule has 4 aromatic rings. The third-order valence-electron chi connectivity index (χ3n) is 4.52. The minimum Gasteiger partial charge on any atom is -0.465 e. The van der Waals surface area contributed by atoms with Crippen LogP contribution in [0.25, 0.3) is 16.7 Å². The molecule has 5 heteroatoms. The molecule has 0 N–H and O–H groups in total. The first-order chi connectivity index (χ1) is 13.2. The summed E-state index contributed by atoms with van der Waals surface area (Å²) < 4.78 is 6.94. The highest BCUT2D eigenvalue weighted by atomic mass is 35.5. The van der Waals surface area contributed by atoms with Gasteiger partial charge in [-0.25, -0.2) is 9.78 Å². The first kappa shape index (κ1) is 17.3. The molecule has 2 aromatic heterocycles. The Kier molecular flexibility index (Phi) is 4.65. The summed E-state index contributed by atoms with van der Waals surface area (Å²) in [4.78, 5) is 16.5. The van der Waals surface area contributed by atoms with E-state index < -0.39 is 0 Å². The van der Waals surface area contributed by atoms with E-state index in [1.165, 1.54) is 7.11 Å². The van der Waals surface area contributed by atoms with Crippen LogP contribution in [-0.2, 0) is 11.2 Å². The van der Waals surface area contributed by atoms with Crippen LogP contribution in [0.3, 0.4) is 0 Å². The SMILES string of the molecule is COC(=O)c1cc(Cl)ccc1Cc1ccc2c(ccn2-c2ccccn2)c1. The van der Waals surface area contributed by atoms with Gasteiger partial charge in [0.05, 0.1) is 18.2 Å². The fraction of sp³-hybridized carbons (Fsp3) is 0.0909. The quantitative estimate of drug-likeness (QED) is 0.468. The van der Waals surface area contributed by atoms with E-state index in [9.17, 15) is 4.79 Å². The normalized spacial score (nSPS) is 10.9. The summed E-state index contributed by atoms with van der Waals surface area (Å²) in [5, 5.41) is 1.63. The first-order valence-corrected chi connectivity index (χ1v) is 8.91. The highest BCUT2D eigenvalue weighted by molar-refractivity contribution is 6.31. The van der Waals surface area contributed by atoms with Crippen LogP contribution < -0.4 is 0 Å². The molecule has 134 valence electrons. The van der Waals surface area contributed by atoms with Gasteiger partial charge in [0.1, 0.15) is 5.82 Å². The smallest absolute Gasteiger partial charge is 0.338 e. The molecule has 0 aliphatic rings. The first-order valence-electron chi connectivity index (χ1n) is 8.54. The molecular formula is C22H17ClN2O2. The van der Waals surface area contributed by atoms with Gasteiger partial charge in [-0.05, 0) is 60.0 Å². The Labute approximate surface area is 162 Å². The van der Waals surface area contributed by atoms with Gasteiger partial charge in [0.15, 0.2) is 0 Å². The molecule has 4 rings (SSSR count). The zero-order valence-electron chi connectivity index (χ0n) is 14.7. The topological polar surface area (TPSA) is 44.1 Å². The molecule has 2 heterocycles. The fourth-order valence-corrected chi connectivity index (χ4v) is 3.39. The van der Waals surface area contributed by atoms with E-state index in [2.05, 4.69) is 33.8 Å². The number of aromatic nitrogens is 2. The summed E-state index contributed by atoms with van der Waals surface area (Å²) in [6.07, 6.45) is 4.41. The number of nitrogens with zero attached hydrogens (tertiary/aromatic N) is 2. The number of fused-ring (bicyclic) bond motifs is 1. The van der Waals surface area contributed by atoms with Crippen molar-refractivity contribution in [2.75, 3.05) is 7.11 Å². The van der Waals surface area contributed by atoms with Gasteiger partial charge in [0.25, 0.3) is 0 Å². The molecule has 0 bridgehead atoms. The van der Waals surface area contributed by atoms with E-state index >= 15 is 0 Å². The predicted octanol–water partition coefficient (Wildman–Crippen LogP) is 5.06. The van der Waals surface area contributed by atoms with Crippen molar-refractivity contribution in [2.24, 2.45) is 0 Å². The number of pyridine rings is 1. The zero-order valence-corrected chi connectivity index (χ0v) is 15.5. The Hall–Kier alpha value is -3.11. The number of methoxy groups -OCH3 is 1. The van der Waals surface area contributed by atoms with Crippen molar-refractivity contribution in [3.05, 3.63) is 94.8 Å². The van der Waals surface area contributed by atoms with Crippen LogP contribution in [0.1, 0.15) is 21.5 Å². The number of benzene rings is 2. The average Bonchev–Trinajstić information content (AvgIpc) is 3.12. The molecular weight excluding hydrogens is 360 g/mol. The number of rotatable bonds is 4. The molecule has 0 aliphatic carbocycles. The minimum atomic E-state index is -0.380. The monoisotopic (exact) mass is 376 g/mol. The maximum Gasteiger partial charge on any atom is 0.338 e. The van der Waals surface area contributed by atoms with Crippen molar-refractivity contribution in [3.63, 3.8) is 0 Å². The van der Waals surface area contributed by atoms with Crippen molar-refractivity contribution in [3.8, 4) is 5.82 Å². The van der Waals surface area contributed by atoms with Crippen molar-refractivity contribution >= 4 is 28.5 Å². The van der Waals surface area contributed by atoms with Crippen LogP contribution in [-0.4, -0.2) is 22.6 Å². The van der Waals surface area contributed by atoms with Crippen molar-refractivity contribution < 1.29 is 9.53 Å². The van der Waals surface area contributed by atoms with Crippen LogP contribution >= 0.6 is 11.6 Å². The lowest BCUT2D eigenvalue weighted by Crippen LogP contribution is -2.06. The van der Waals surface area contributed by atoms with Gasteiger partial charge in [-0.2, -0.15) is 0 Å². The fourth-order valence-electron chi connectivity index (χ4n) is 3.22. The third-order valence-corrected chi connectivity index (χ3v) is 4.76. The van der Waals surface area contributed by atoms with Gasteiger partial charge >= 0.3 is 5.97 Å². The Balaban J connectivity index is 1.70. The van der Waals surface area contributed by atoms with Crippen LogP contribution in [0.4, 0.5) is 0 Å². The van der Waals surface area contributed by atoms with Gasteiger partial charge < -0.3 is 9.30 Å². The number of hydrogen-bond acceptors (Lipinski definition) is 3. The van der Waals surface area contributed by atoms with Crippen LogP contribution in [0.2, 0.25) is 5.02 Å². The standard InChI is InChI=1S/C22H17ClN2O2/c1-27-22(26)19-14-18(23)7-6-16(19)12-15-5-8-20-17(13-15)9-11-25(20)21-4-2-3-10-24-21/h2-11,13-14H,12H2,1H3. The number of esters is 1. The summed E-state index contributed by atoms with van der Waals surface area (Å²) in [5.74, 6) is 0.501. The van der Waals surface area contributed by atoms with Crippen molar-refractivity contribution in [2.45, 2.75) is 6.42 Å². The lowest BCUT2D eigenvalue weighted by molar-refractivity contribution is 0.0599. The molecule has 0 saturated heterocycles. The van der Waals surface area contributed by atoms with E-state index in [-0.39, 0.29) is 5.97 Å². The van der Waals surface area contributed by atoms with Gasteiger partial charge in [-0.3, -0.25) is 0 Å². The molecule has 0 saturated carbocycles. The number of halogens is 1. The predicted molar refractivity (Wildman–Crippen MR) is 107 cm³/mol. The second kappa shape index (κ2) is 7.25. The Morgan fingerprint density at radius 2 is 2.00 bits per heavy atom. The zero-order chi connectivity index (χ0) is 18.8. The van der Waals surface area contributed by atoms with Crippen molar-refractivity contribution in [1.29, 1.82) is 0 Å². The number of ether oxygens (including phenoxy) is 1. The average molecular weight is 377 g/mol. The van der Waals surface area contributed by atoms with E-state index in [0.29, 0.717) is 17.0 Å². The van der Waals surface area contributed by atoms with E-state index in [1.54, 1.807) is 18.3 Å². The van der Waals surface area contributed by atoms with Crippen molar-refractivity contribution in [1.82, 2.24) is 9.55 Å². The number of carbonyl (C=O) groups excluding carboxylic acids is 1. The summed E-state index contributed by atoms with van der Waals surface area (Å²) >= 11 is 6.04. The largest absolute Gasteiger partial charge is 0.465 e. The summed E-state index contributed by atoms with van der Waals surface area (Å²) in [6.45, 7) is 0. The molecule has 27 heavy (non-hydrogen) atoms. The molecule has 0 spiro atoms. The minimum absolute atomic E-state index is 0.380. The Morgan fingerprint density at radius 3 is 2.78 bits per heavy atom. The molecule has 0 fully saturated rings. The van der Waals surface area contributed by atoms with Crippen LogP contribution in [0, 0.1) is 0 Å². The summed E-state index contributed by atoms with van der Waals surface area (Å²) in [7, 11) is 1.37. The van der Waals surface area contributed by atoms with Gasteiger partial charge in [0.2, 0.25) is 0 Å². The second-order valence-corrected chi connectivity index (χ2v) is 6.67. The van der Waals surface area contributed by atoms with Gasteiger partial charge in [-0.15, -0.1) is 0 Å².